The molecule has 5 nitrogen and oxygen atoms in total. The molecule has 1 aromatic carbocycles. The maximum Gasteiger partial charge on any atom is 0.229 e. The lowest BCUT2D eigenvalue weighted by molar-refractivity contribution is -0.148. The van der Waals surface area contributed by atoms with E-state index in [2.05, 4.69) is 28.9 Å². The smallest absolute Gasteiger partial charge is 0.229 e. The Hall–Kier alpha value is -2.03. The second-order valence-electron chi connectivity index (χ2n) is 7.28. The Balaban J connectivity index is 1.53. The summed E-state index contributed by atoms with van der Waals surface area (Å²) in [6.07, 6.45) is 3.34. The maximum absolute atomic E-state index is 13.2. The number of amides is 1. The van der Waals surface area contributed by atoms with E-state index in [-0.39, 0.29) is 29.9 Å². The molecule has 3 aliphatic rings. The van der Waals surface area contributed by atoms with E-state index in [0.717, 1.165) is 38.0 Å². The summed E-state index contributed by atoms with van der Waals surface area (Å²) in [5.41, 5.74) is 0.880. The summed E-state index contributed by atoms with van der Waals surface area (Å²) in [5, 5.41) is 4.57. The van der Waals surface area contributed by atoms with Crippen LogP contribution in [0.15, 0.2) is 29.4 Å². The number of nitrogens with zero attached hydrogens (tertiary/aromatic N) is 3. The second kappa shape index (κ2) is 7.30. The number of hydrogen-bond acceptors (Lipinski definition) is 4. The van der Waals surface area contributed by atoms with Crippen LogP contribution in [0.1, 0.15) is 18.4 Å². The fourth-order valence-electron chi connectivity index (χ4n) is 4.00. The number of rotatable bonds is 1. The van der Waals surface area contributed by atoms with Gasteiger partial charge in [0.2, 0.25) is 12.1 Å². The first-order valence-electron chi connectivity index (χ1n) is 9.07. The van der Waals surface area contributed by atoms with Gasteiger partial charge < -0.3 is 14.6 Å². The molecule has 4 atom stereocenters. The van der Waals surface area contributed by atoms with Gasteiger partial charge in [-0.25, -0.2) is 0 Å². The normalized spacial score (nSPS) is 30.5. The summed E-state index contributed by atoms with van der Waals surface area (Å²) in [7, 11) is 2.08. The van der Waals surface area contributed by atoms with Crippen molar-refractivity contribution in [3.8, 4) is 11.8 Å². The Labute approximate surface area is 158 Å². The van der Waals surface area contributed by atoms with Crippen molar-refractivity contribution in [3.63, 3.8) is 0 Å². The van der Waals surface area contributed by atoms with E-state index in [4.69, 9.17) is 16.4 Å². The number of carbonyl (C=O) groups is 1. The first kappa shape index (κ1) is 17.4. The molecule has 26 heavy (non-hydrogen) atoms. The monoisotopic (exact) mass is 371 g/mol. The Morgan fingerprint density at radius 2 is 2.23 bits per heavy atom. The predicted molar refractivity (Wildman–Crippen MR) is 101 cm³/mol. The van der Waals surface area contributed by atoms with Crippen molar-refractivity contribution >= 4 is 23.7 Å². The van der Waals surface area contributed by atoms with Crippen LogP contribution in [0.4, 0.5) is 0 Å². The number of likely N-dealkylation sites (tertiary alicyclic amines) is 2. The van der Waals surface area contributed by atoms with Crippen molar-refractivity contribution in [1.82, 2.24) is 9.80 Å². The maximum atomic E-state index is 13.2. The van der Waals surface area contributed by atoms with Crippen LogP contribution in [0.5, 0.6) is 0 Å². The molecule has 0 aromatic heterocycles. The van der Waals surface area contributed by atoms with E-state index >= 15 is 0 Å². The molecule has 0 bridgehead atoms. The molecule has 4 unspecified atom stereocenters. The number of halogens is 1. The van der Waals surface area contributed by atoms with Gasteiger partial charge in [-0.3, -0.25) is 4.79 Å². The standard InChI is InChI=1S/C20H22ClN3O2/c1-23-9-8-18(19(25)24-10-7-15-12-22-26-20(15)24)16(13-23)6-5-14-3-2-4-17(21)11-14/h2-4,11-12,15-16,18,20H,7-10,13H2,1H3. The molecule has 4 rings (SSSR count). The Kier molecular flexibility index (Phi) is 4.88. The third kappa shape index (κ3) is 3.44. The van der Waals surface area contributed by atoms with E-state index in [1.54, 1.807) is 0 Å². The summed E-state index contributed by atoms with van der Waals surface area (Å²) >= 11 is 6.04. The Morgan fingerprint density at radius 3 is 3.08 bits per heavy atom. The van der Waals surface area contributed by atoms with Crippen LogP contribution in [0, 0.1) is 29.6 Å². The van der Waals surface area contributed by atoms with E-state index < -0.39 is 0 Å². The van der Waals surface area contributed by atoms with Gasteiger partial charge in [-0.1, -0.05) is 34.7 Å². The molecule has 1 aromatic rings. The molecule has 3 heterocycles. The molecule has 3 aliphatic heterocycles. The molecule has 6 heteroatoms. The van der Waals surface area contributed by atoms with E-state index in [1.807, 2.05) is 35.4 Å². The largest absolute Gasteiger partial charge is 0.370 e. The van der Waals surface area contributed by atoms with Crippen molar-refractivity contribution < 1.29 is 9.63 Å². The van der Waals surface area contributed by atoms with Gasteiger partial charge in [-0.15, -0.1) is 0 Å². The van der Waals surface area contributed by atoms with E-state index in [1.165, 1.54) is 0 Å². The molecular weight excluding hydrogens is 350 g/mol. The molecule has 2 fully saturated rings. The third-order valence-electron chi connectivity index (χ3n) is 5.44. The lowest BCUT2D eigenvalue weighted by Gasteiger charge is -2.36. The fourth-order valence-corrected chi connectivity index (χ4v) is 4.19. The van der Waals surface area contributed by atoms with Crippen LogP contribution < -0.4 is 0 Å². The summed E-state index contributed by atoms with van der Waals surface area (Å²) in [5.74, 6) is 6.85. The molecule has 0 aliphatic carbocycles. The minimum Gasteiger partial charge on any atom is -0.370 e. The van der Waals surface area contributed by atoms with Crippen LogP contribution in [0.3, 0.4) is 0 Å². The number of benzene rings is 1. The molecule has 2 saturated heterocycles. The lowest BCUT2D eigenvalue weighted by atomic mass is 9.84. The zero-order valence-corrected chi connectivity index (χ0v) is 15.5. The average molecular weight is 372 g/mol. The van der Waals surface area contributed by atoms with Gasteiger partial charge in [0.15, 0.2) is 0 Å². The fraction of sp³-hybridized carbons (Fsp3) is 0.500. The predicted octanol–water partition coefficient (Wildman–Crippen LogP) is 2.45. The van der Waals surface area contributed by atoms with Crippen molar-refractivity contribution in [3.05, 3.63) is 34.9 Å². The van der Waals surface area contributed by atoms with Crippen LogP contribution in [-0.2, 0) is 9.63 Å². The topological polar surface area (TPSA) is 45.1 Å². The Bertz CT molecular complexity index is 785. The van der Waals surface area contributed by atoms with Crippen molar-refractivity contribution in [1.29, 1.82) is 0 Å². The quantitative estimate of drug-likeness (QED) is 0.712. The molecular formula is C20H22ClN3O2. The van der Waals surface area contributed by atoms with Crippen LogP contribution >= 0.6 is 11.6 Å². The highest BCUT2D eigenvalue weighted by Crippen LogP contribution is 2.33. The molecule has 0 radical (unpaired) electrons. The van der Waals surface area contributed by atoms with Crippen molar-refractivity contribution in [2.75, 3.05) is 26.7 Å². The van der Waals surface area contributed by atoms with Gasteiger partial charge >= 0.3 is 0 Å². The van der Waals surface area contributed by atoms with Crippen LogP contribution in [-0.4, -0.2) is 54.8 Å². The van der Waals surface area contributed by atoms with E-state index in [0.29, 0.717) is 5.02 Å². The summed E-state index contributed by atoms with van der Waals surface area (Å²) in [6, 6.07) is 7.52. The third-order valence-corrected chi connectivity index (χ3v) is 5.68. The Morgan fingerprint density at radius 1 is 1.35 bits per heavy atom. The number of oxime groups is 1. The van der Waals surface area contributed by atoms with Crippen molar-refractivity contribution in [2.45, 2.75) is 19.1 Å². The van der Waals surface area contributed by atoms with Gasteiger partial charge in [-0.2, -0.15) is 0 Å². The van der Waals surface area contributed by atoms with Gasteiger partial charge in [-0.05, 0) is 44.6 Å². The molecule has 136 valence electrons. The SMILES string of the molecule is CN1CCC(C(=O)N2CCC3C=NOC32)C(C#Cc2cccc(Cl)c2)C1. The summed E-state index contributed by atoms with van der Waals surface area (Å²) in [4.78, 5) is 22.7. The van der Waals surface area contributed by atoms with Crippen LogP contribution in [0.25, 0.3) is 0 Å². The van der Waals surface area contributed by atoms with Gasteiger partial charge in [0.05, 0.1) is 18.1 Å². The number of fused-ring (bicyclic) bond motifs is 1. The molecule has 0 spiro atoms. The van der Waals surface area contributed by atoms with Crippen molar-refractivity contribution in [2.24, 2.45) is 22.9 Å². The average Bonchev–Trinajstić information content (AvgIpc) is 3.23. The number of carbonyl (C=O) groups excluding carboxylic acids is 1. The van der Waals surface area contributed by atoms with Gasteiger partial charge in [0.1, 0.15) is 0 Å². The lowest BCUT2D eigenvalue weighted by Crippen LogP contribution is -2.48. The first-order chi connectivity index (χ1) is 12.6. The van der Waals surface area contributed by atoms with Gasteiger partial charge in [0.25, 0.3) is 0 Å². The molecule has 0 saturated carbocycles. The first-order valence-corrected chi connectivity index (χ1v) is 9.45. The summed E-state index contributed by atoms with van der Waals surface area (Å²) < 4.78 is 0. The van der Waals surface area contributed by atoms with E-state index in [9.17, 15) is 4.79 Å². The highest BCUT2D eigenvalue weighted by molar-refractivity contribution is 6.30. The molecule has 0 N–H and O–H groups in total. The zero-order valence-electron chi connectivity index (χ0n) is 14.8. The number of hydrogen-bond donors (Lipinski definition) is 0. The zero-order chi connectivity index (χ0) is 18.1. The van der Waals surface area contributed by atoms with Gasteiger partial charge in [0, 0.05) is 29.6 Å². The number of piperidine rings is 1. The highest BCUT2D eigenvalue weighted by Gasteiger charge is 2.45. The highest BCUT2D eigenvalue weighted by atomic mass is 35.5. The molecule has 1 amide bonds. The summed E-state index contributed by atoms with van der Waals surface area (Å²) in [6.45, 7) is 2.44. The van der Waals surface area contributed by atoms with Crippen LogP contribution in [0.2, 0.25) is 5.02 Å². The second-order valence-corrected chi connectivity index (χ2v) is 7.71. The minimum absolute atomic E-state index is 0.00148. The minimum atomic E-state index is -0.219.